The Hall–Kier alpha value is -0.540. The zero-order valence-corrected chi connectivity index (χ0v) is 13.0. The van der Waals surface area contributed by atoms with Crippen molar-refractivity contribution in [2.24, 2.45) is 17.6 Å². The molecule has 2 rings (SSSR count). The minimum atomic E-state index is 0.102. The predicted molar refractivity (Wildman–Crippen MR) is 81.8 cm³/mol. The maximum atomic E-state index is 5.99. The van der Waals surface area contributed by atoms with Gasteiger partial charge in [-0.2, -0.15) is 0 Å². The van der Waals surface area contributed by atoms with Crippen LogP contribution in [0.15, 0.2) is 22.7 Å². The van der Waals surface area contributed by atoms with E-state index in [4.69, 9.17) is 5.73 Å². The molecule has 0 radical (unpaired) electrons. The van der Waals surface area contributed by atoms with E-state index in [1.54, 1.807) is 0 Å². The van der Waals surface area contributed by atoms with Crippen molar-refractivity contribution < 1.29 is 0 Å². The van der Waals surface area contributed by atoms with Gasteiger partial charge in [-0.3, -0.25) is 0 Å². The number of halogens is 1. The highest BCUT2D eigenvalue weighted by atomic mass is 79.9. The van der Waals surface area contributed by atoms with Crippen molar-refractivity contribution >= 4 is 21.6 Å². The quantitative estimate of drug-likeness (QED) is 0.884. The largest absolute Gasteiger partial charge is 0.377 e. The molecule has 0 bridgehead atoms. The van der Waals surface area contributed by atoms with Gasteiger partial charge in [0.2, 0.25) is 0 Å². The Morgan fingerprint density at radius 2 is 2.11 bits per heavy atom. The van der Waals surface area contributed by atoms with Gasteiger partial charge in [0.05, 0.1) is 5.54 Å². The minimum Gasteiger partial charge on any atom is -0.377 e. The Bertz CT molecular complexity index is 423. The summed E-state index contributed by atoms with van der Waals surface area (Å²) < 4.78 is 1.12. The lowest BCUT2D eigenvalue weighted by Gasteiger charge is -2.50. The fourth-order valence-corrected chi connectivity index (χ4v) is 3.10. The van der Waals surface area contributed by atoms with Crippen molar-refractivity contribution in [1.82, 2.24) is 0 Å². The molecule has 0 saturated heterocycles. The maximum Gasteiger partial charge on any atom is 0.0501 e. The number of rotatable bonds is 4. The van der Waals surface area contributed by atoms with Crippen LogP contribution in [0.5, 0.6) is 0 Å². The minimum absolute atomic E-state index is 0.102. The molecule has 100 valence electrons. The summed E-state index contributed by atoms with van der Waals surface area (Å²) in [5.41, 5.74) is 8.53. The molecule has 1 saturated carbocycles. The Kier molecular flexibility index (Phi) is 4.02. The van der Waals surface area contributed by atoms with Crippen LogP contribution in [0.4, 0.5) is 5.69 Å². The van der Waals surface area contributed by atoms with E-state index in [-0.39, 0.29) is 5.54 Å². The van der Waals surface area contributed by atoms with Crippen LogP contribution in [0.3, 0.4) is 0 Å². The standard InChI is InChI=1S/C15H23BrN2/c1-10(2)12-7-15(8-12,9-17)18-14-6-11(3)4-5-13(14)16/h4-6,10,12,18H,7-9,17H2,1-3H3. The first-order valence-electron chi connectivity index (χ1n) is 6.70. The number of hydrogen-bond donors (Lipinski definition) is 2. The van der Waals surface area contributed by atoms with E-state index in [2.05, 4.69) is 60.2 Å². The Balaban J connectivity index is 2.10. The monoisotopic (exact) mass is 310 g/mol. The first-order chi connectivity index (χ1) is 8.46. The normalized spacial score (nSPS) is 27.1. The zero-order chi connectivity index (χ0) is 13.3. The van der Waals surface area contributed by atoms with Crippen LogP contribution < -0.4 is 11.1 Å². The summed E-state index contributed by atoms with van der Waals surface area (Å²) in [5.74, 6) is 1.57. The van der Waals surface area contributed by atoms with Crippen LogP contribution in [-0.4, -0.2) is 12.1 Å². The summed E-state index contributed by atoms with van der Waals surface area (Å²) in [7, 11) is 0. The summed E-state index contributed by atoms with van der Waals surface area (Å²) in [4.78, 5) is 0. The molecule has 3 N–H and O–H groups in total. The third-order valence-corrected chi connectivity index (χ3v) is 4.85. The third-order valence-electron chi connectivity index (χ3n) is 4.16. The van der Waals surface area contributed by atoms with E-state index >= 15 is 0 Å². The van der Waals surface area contributed by atoms with Gasteiger partial charge in [-0.1, -0.05) is 19.9 Å². The summed E-state index contributed by atoms with van der Waals surface area (Å²) >= 11 is 3.61. The molecule has 1 aliphatic rings. The van der Waals surface area contributed by atoms with E-state index in [1.165, 1.54) is 24.1 Å². The highest BCUT2D eigenvalue weighted by Crippen LogP contribution is 2.44. The average molecular weight is 311 g/mol. The predicted octanol–water partition coefficient (Wildman–Crippen LogP) is 3.93. The number of hydrogen-bond acceptors (Lipinski definition) is 2. The Morgan fingerprint density at radius 1 is 1.44 bits per heavy atom. The Morgan fingerprint density at radius 3 is 2.67 bits per heavy atom. The summed E-state index contributed by atoms with van der Waals surface area (Å²) in [6.45, 7) is 7.42. The van der Waals surface area contributed by atoms with Crippen molar-refractivity contribution in [1.29, 1.82) is 0 Å². The molecular formula is C15H23BrN2. The second kappa shape index (κ2) is 5.22. The van der Waals surface area contributed by atoms with Crippen LogP contribution in [0.25, 0.3) is 0 Å². The van der Waals surface area contributed by atoms with Crippen molar-refractivity contribution in [3.63, 3.8) is 0 Å². The molecule has 0 aliphatic heterocycles. The lowest BCUT2D eigenvalue weighted by atomic mass is 9.64. The molecule has 1 fully saturated rings. The van der Waals surface area contributed by atoms with Gasteiger partial charge < -0.3 is 11.1 Å². The van der Waals surface area contributed by atoms with Crippen molar-refractivity contribution in [3.05, 3.63) is 28.2 Å². The van der Waals surface area contributed by atoms with Crippen LogP contribution in [-0.2, 0) is 0 Å². The Labute approximate surface area is 118 Å². The molecule has 0 aromatic heterocycles. The van der Waals surface area contributed by atoms with Crippen molar-refractivity contribution in [3.8, 4) is 0 Å². The fraction of sp³-hybridized carbons (Fsp3) is 0.600. The SMILES string of the molecule is Cc1ccc(Br)c(NC2(CN)CC(C(C)C)C2)c1. The molecule has 0 heterocycles. The second-order valence-corrected chi connectivity index (χ2v) is 6.86. The van der Waals surface area contributed by atoms with Gasteiger partial charge in [0.15, 0.2) is 0 Å². The molecule has 1 aromatic carbocycles. The molecular weight excluding hydrogens is 288 g/mol. The number of benzene rings is 1. The third kappa shape index (κ3) is 2.72. The molecule has 1 aromatic rings. The van der Waals surface area contributed by atoms with E-state index < -0.39 is 0 Å². The molecule has 0 atom stereocenters. The molecule has 18 heavy (non-hydrogen) atoms. The van der Waals surface area contributed by atoms with E-state index in [0.29, 0.717) is 6.54 Å². The van der Waals surface area contributed by atoms with Gasteiger partial charge in [0.1, 0.15) is 0 Å². The number of anilines is 1. The molecule has 0 amide bonds. The average Bonchev–Trinajstić information content (AvgIpc) is 2.27. The molecule has 1 aliphatic carbocycles. The van der Waals surface area contributed by atoms with Crippen LogP contribution in [0, 0.1) is 18.8 Å². The molecule has 0 unspecified atom stereocenters. The van der Waals surface area contributed by atoms with Gasteiger partial charge in [0, 0.05) is 16.7 Å². The van der Waals surface area contributed by atoms with E-state index in [9.17, 15) is 0 Å². The van der Waals surface area contributed by atoms with Crippen LogP contribution in [0.1, 0.15) is 32.3 Å². The van der Waals surface area contributed by atoms with E-state index in [0.717, 1.165) is 16.3 Å². The first-order valence-corrected chi connectivity index (χ1v) is 7.49. The smallest absolute Gasteiger partial charge is 0.0501 e. The second-order valence-electron chi connectivity index (χ2n) is 6.01. The molecule has 0 spiro atoms. The summed E-state index contributed by atoms with van der Waals surface area (Å²) in [6.07, 6.45) is 2.36. The van der Waals surface area contributed by atoms with Crippen molar-refractivity contribution in [2.75, 3.05) is 11.9 Å². The number of nitrogens with one attached hydrogen (secondary N) is 1. The van der Waals surface area contributed by atoms with Gasteiger partial charge in [-0.15, -0.1) is 0 Å². The fourth-order valence-electron chi connectivity index (χ4n) is 2.76. The van der Waals surface area contributed by atoms with Crippen LogP contribution in [0.2, 0.25) is 0 Å². The van der Waals surface area contributed by atoms with E-state index in [1.807, 2.05) is 0 Å². The van der Waals surface area contributed by atoms with Crippen molar-refractivity contribution in [2.45, 2.75) is 39.2 Å². The molecule has 3 heteroatoms. The highest BCUT2D eigenvalue weighted by Gasteiger charge is 2.44. The summed E-state index contributed by atoms with van der Waals surface area (Å²) in [5, 5.41) is 3.66. The highest BCUT2D eigenvalue weighted by molar-refractivity contribution is 9.10. The van der Waals surface area contributed by atoms with Gasteiger partial charge >= 0.3 is 0 Å². The van der Waals surface area contributed by atoms with Gasteiger partial charge in [-0.05, 0) is 65.2 Å². The van der Waals surface area contributed by atoms with Gasteiger partial charge in [0.25, 0.3) is 0 Å². The van der Waals surface area contributed by atoms with Crippen LogP contribution >= 0.6 is 15.9 Å². The lowest BCUT2D eigenvalue weighted by Crippen LogP contribution is -2.56. The number of aryl methyl sites for hydroxylation is 1. The summed E-state index contributed by atoms with van der Waals surface area (Å²) in [6, 6.07) is 6.40. The number of nitrogens with two attached hydrogens (primary N) is 1. The lowest BCUT2D eigenvalue weighted by molar-refractivity contribution is 0.129. The van der Waals surface area contributed by atoms with Gasteiger partial charge in [-0.25, -0.2) is 0 Å². The molecule has 2 nitrogen and oxygen atoms in total. The maximum absolute atomic E-state index is 5.99. The zero-order valence-electron chi connectivity index (χ0n) is 11.5. The first kappa shape index (κ1) is 13.9. The topological polar surface area (TPSA) is 38.0 Å².